The predicted molar refractivity (Wildman–Crippen MR) is 145 cm³/mol. The van der Waals surface area contributed by atoms with Gasteiger partial charge in [0.15, 0.2) is 0 Å². The van der Waals surface area contributed by atoms with Crippen LogP contribution >= 0.6 is 0 Å². The molecule has 0 unspecified atom stereocenters. The van der Waals surface area contributed by atoms with E-state index in [9.17, 15) is 10.1 Å². The van der Waals surface area contributed by atoms with Crippen LogP contribution < -0.4 is 15.4 Å². The Kier molecular flexibility index (Phi) is 7.06. The van der Waals surface area contributed by atoms with E-state index in [1.54, 1.807) is 6.07 Å². The first-order valence-corrected chi connectivity index (χ1v) is 12.9. The van der Waals surface area contributed by atoms with Crippen LogP contribution in [-0.4, -0.2) is 48.3 Å². The smallest absolute Gasteiger partial charge is 0.412 e. The summed E-state index contributed by atoms with van der Waals surface area (Å²) in [7, 11) is 0. The maximum absolute atomic E-state index is 11.0. The van der Waals surface area contributed by atoms with Gasteiger partial charge in [-0.15, -0.1) is 0 Å². The number of aryl methyl sites for hydroxylation is 1. The summed E-state index contributed by atoms with van der Waals surface area (Å²) >= 11 is 0. The van der Waals surface area contributed by atoms with Crippen molar-refractivity contribution in [1.29, 1.82) is 5.26 Å². The highest BCUT2D eigenvalue weighted by Gasteiger charge is 2.18. The number of fused-ring (bicyclic) bond motifs is 2. The number of benzene rings is 2. The van der Waals surface area contributed by atoms with E-state index in [0.717, 1.165) is 68.6 Å². The molecule has 1 amide bonds. The number of nitriles is 1. The van der Waals surface area contributed by atoms with Crippen molar-refractivity contribution in [2.24, 2.45) is 5.73 Å². The zero-order valence-corrected chi connectivity index (χ0v) is 21.4. The molecule has 1 fully saturated rings. The second kappa shape index (κ2) is 10.6. The molecule has 0 radical (unpaired) electrons. The van der Waals surface area contributed by atoms with E-state index in [1.165, 1.54) is 16.5 Å². The van der Waals surface area contributed by atoms with E-state index < -0.39 is 6.09 Å². The van der Waals surface area contributed by atoms with Crippen LogP contribution in [0.4, 0.5) is 10.5 Å². The Morgan fingerprint density at radius 2 is 1.92 bits per heavy atom. The molecule has 37 heavy (non-hydrogen) atoms. The summed E-state index contributed by atoms with van der Waals surface area (Å²) in [6.45, 7) is 9.47. The maximum Gasteiger partial charge on any atom is 0.412 e. The molecule has 2 N–H and O–H groups in total. The number of furan rings is 1. The predicted octanol–water partition coefficient (Wildman–Crippen LogP) is 5.44. The van der Waals surface area contributed by atoms with Crippen molar-refractivity contribution < 1.29 is 13.9 Å². The van der Waals surface area contributed by atoms with Gasteiger partial charge in [0.05, 0.1) is 11.6 Å². The van der Waals surface area contributed by atoms with Crippen LogP contribution in [0.2, 0.25) is 0 Å². The van der Waals surface area contributed by atoms with E-state index in [-0.39, 0.29) is 5.95 Å². The molecule has 8 nitrogen and oxygen atoms in total. The third-order valence-corrected chi connectivity index (χ3v) is 7.19. The zero-order chi connectivity index (χ0) is 25.9. The number of unbranched alkanes of at least 4 members (excludes halogenated alkanes) is 1. The van der Waals surface area contributed by atoms with Gasteiger partial charge in [-0.25, -0.2) is 4.79 Å². The standard InChI is InChI=1S/C29H33N5O3/c1-20(2)34-19-22(25-15-21(18-30)6-8-26(25)34)5-3-4-10-32-11-13-33(14-12-32)24-7-9-27-23(16-24)17-28(36-27)37-29(31)35/h6-9,15-17,19-20H,3-5,10-14H2,1-2H3,(H2,31,35). The molecule has 0 aliphatic carbocycles. The molecule has 0 atom stereocenters. The lowest BCUT2D eigenvalue weighted by Gasteiger charge is -2.36. The van der Waals surface area contributed by atoms with Gasteiger partial charge in [0.2, 0.25) is 0 Å². The SMILES string of the molecule is CC(C)n1cc(CCCCN2CCN(c3ccc4oc(OC(N)=O)cc4c3)CC2)c2cc(C#N)ccc21. The average Bonchev–Trinajstić information content (AvgIpc) is 3.46. The van der Waals surface area contributed by atoms with Crippen LogP contribution in [0.5, 0.6) is 5.95 Å². The number of carbonyl (C=O) groups excluding carboxylic acids is 1. The Bertz CT molecular complexity index is 1450. The van der Waals surface area contributed by atoms with E-state index >= 15 is 0 Å². The summed E-state index contributed by atoms with van der Waals surface area (Å²) in [6, 6.07) is 16.4. The molecule has 0 bridgehead atoms. The van der Waals surface area contributed by atoms with E-state index in [1.807, 2.05) is 24.3 Å². The number of rotatable bonds is 8. The molecule has 0 spiro atoms. The number of ether oxygens (including phenoxy) is 1. The first-order chi connectivity index (χ1) is 17.9. The summed E-state index contributed by atoms with van der Waals surface area (Å²) in [5.74, 6) is 0.115. The third kappa shape index (κ3) is 5.42. The Balaban J connectivity index is 1.13. The lowest BCUT2D eigenvalue weighted by molar-refractivity contribution is 0.199. The Morgan fingerprint density at radius 1 is 1.11 bits per heavy atom. The molecule has 1 saturated heterocycles. The fraction of sp³-hybridized carbons (Fsp3) is 0.379. The highest BCUT2D eigenvalue weighted by molar-refractivity contribution is 5.86. The van der Waals surface area contributed by atoms with Gasteiger partial charge in [0.1, 0.15) is 5.58 Å². The number of nitrogens with two attached hydrogens (primary N) is 1. The molecule has 1 aliphatic heterocycles. The number of nitrogens with zero attached hydrogens (tertiary/aromatic N) is 4. The Labute approximate surface area is 216 Å². The topological polar surface area (TPSA) is 101 Å². The fourth-order valence-corrected chi connectivity index (χ4v) is 5.25. The van der Waals surface area contributed by atoms with Crippen LogP contribution in [0.25, 0.3) is 21.9 Å². The number of amides is 1. The minimum Gasteiger partial charge on any atom is -0.425 e. The van der Waals surface area contributed by atoms with Crippen molar-refractivity contribution in [3.8, 4) is 12.0 Å². The molecule has 2 aromatic heterocycles. The van der Waals surface area contributed by atoms with Gasteiger partial charge in [0, 0.05) is 66.5 Å². The number of primary amides is 1. The minimum absolute atomic E-state index is 0.115. The molecule has 3 heterocycles. The lowest BCUT2D eigenvalue weighted by atomic mass is 10.0. The summed E-state index contributed by atoms with van der Waals surface area (Å²) < 4.78 is 12.7. The molecule has 5 rings (SSSR count). The number of carbonyl (C=O) groups is 1. The third-order valence-electron chi connectivity index (χ3n) is 7.19. The van der Waals surface area contributed by atoms with Crippen molar-refractivity contribution in [2.75, 3.05) is 37.6 Å². The van der Waals surface area contributed by atoms with Crippen LogP contribution in [-0.2, 0) is 6.42 Å². The average molecular weight is 500 g/mol. The summed E-state index contributed by atoms with van der Waals surface area (Å²) in [5.41, 5.74) is 10.2. The molecular formula is C29H33N5O3. The van der Waals surface area contributed by atoms with Crippen LogP contribution in [0.1, 0.15) is 43.9 Å². The second-order valence-electron chi connectivity index (χ2n) is 9.99. The maximum atomic E-state index is 11.0. The van der Waals surface area contributed by atoms with Gasteiger partial charge in [0.25, 0.3) is 5.95 Å². The number of hydrogen-bond acceptors (Lipinski definition) is 6. The number of piperazine rings is 1. The van der Waals surface area contributed by atoms with Gasteiger partial charge in [-0.1, -0.05) is 0 Å². The molecule has 8 heteroatoms. The second-order valence-corrected chi connectivity index (χ2v) is 9.99. The van der Waals surface area contributed by atoms with Gasteiger partial charge < -0.3 is 24.4 Å². The summed E-state index contributed by atoms with van der Waals surface area (Å²) in [4.78, 5) is 15.9. The van der Waals surface area contributed by atoms with Crippen molar-refractivity contribution in [1.82, 2.24) is 9.47 Å². The van der Waals surface area contributed by atoms with Crippen LogP contribution in [0, 0.1) is 11.3 Å². The molecular weight excluding hydrogens is 466 g/mol. The van der Waals surface area contributed by atoms with Gasteiger partial charge in [-0.3, -0.25) is 4.90 Å². The van der Waals surface area contributed by atoms with Crippen LogP contribution in [0.3, 0.4) is 0 Å². The first kappa shape index (κ1) is 24.7. The van der Waals surface area contributed by atoms with Crippen molar-refractivity contribution in [2.45, 2.75) is 39.2 Å². The first-order valence-electron chi connectivity index (χ1n) is 12.9. The minimum atomic E-state index is -0.883. The Morgan fingerprint density at radius 3 is 2.65 bits per heavy atom. The number of hydrogen-bond donors (Lipinski definition) is 1. The highest BCUT2D eigenvalue weighted by Crippen LogP contribution is 2.30. The monoisotopic (exact) mass is 499 g/mol. The van der Waals surface area contributed by atoms with Gasteiger partial charge in [-0.2, -0.15) is 5.26 Å². The largest absolute Gasteiger partial charge is 0.425 e. The number of aromatic nitrogens is 1. The zero-order valence-electron chi connectivity index (χ0n) is 21.4. The summed E-state index contributed by atoms with van der Waals surface area (Å²) in [5, 5.41) is 11.4. The van der Waals surface area contributed by atoms with E-state index in [0.29, 0.717) is 11.6 Å². The molecule has 192 valence electrons. The molecule has 2 aromatic carbocycles. The van der Waals surface area contributed by atoms with Crippen molar-refractivity contribution in [3.63, 3.8) is 0 Å². The molecule has 1 aliphatic rings. The molecule has 4 aromatic rings. The van der Waals surface area contributed by atoms with Crippen LogP contribution in [0.15, 0.2) is 53.1 Å². The fourth-order valence-electron chi connectivity index (χ4n) is 5.25. The van der Waals surface area contributed by atoms with E-state index in [4.69, 9.17) is 14.9 Å². The quantitative estimate of drug-likeness (QED) is 0.324. The lowest BCUT2D eigenvalue weighted by Crippen LogP contribution is -2.46. The van der Waals surface area contributed by atoms with E-state index in [2.05, 4.69) is 52.6 Å². The van der Waals surface area contributed by atoms with Crippen molar-refractivity contribution in [3.05, 3.63) is 59.8 Å². The Hall–Kier alpha value is -3.96. The highest BCUT2D eigenvalue weighted by atomic mass is 16.6. The molecule has 0 saturated carbocycles. The van der Waals surface area contributed by atoms with Gasteiger partial charge >= 0.3 is 6.09 Å². The van der Waals surface area contributed by atoms with Crippen molar-refractivity contribution >= 4 is 33.7 Å². The normalized spacial score (nSPS) is 14.5. The summed E-state index contributed by atoms with van der Waals surface area (Å²) in [6.07, 6.45) is 4.69. The number of anilines is 1. The van der Waals surface area contributed by atoms with Gasteiger partial charge in [-0.05, 0) is 81.6 Å².